The van der Waals surface area contributed by atoms with Crippen LogP contribution in [0, 0.1) is 5.41 Å². The predicted molar refractivity (Wildman–Crippen MR) is 99.0 cm³/mol. The summed E-state index contributed by atoms with van der Waals surface area (Å²) in [7, 11) is 3.98. The number of nitrogens with zero attached hydrogens (tertiary/aromatic N) is 3. The molecule has 1 aromatic rings. The van der Waals surface area contributed by atoms with Gasteiger partial charge < -0.3 is 21.3 Å². The van der Waals surface area contributed by atoms with Crippen LogP contribution in [-0.2, 0) is 4.79 Å². The molecule has 0 radical (unpaired) electrons. The molecule has 0 unspecified atom stereocenters. The van der Waals surface area contributed by atoms with Gasteiger partial charge in [-0.05, 0) is 39.2 Å². The van der Waals surface area contributed by atoms with Gasteiger partial charge in [0, 0.05) is 25.2 Å². The largest absolute Gasteiger partial charge is 0.384 e. The molecule has 0 aliphatic carbocycles. The van der Waals surface area contributed by atoms with E-state index in [1.807, 2.05) is 14.1 Å². The van der Waals surface area contributed by atoms with Gasteiger partial charge in [-0.15, -0.1) is 0 Å². The van der Waals surface area contributed by atoms with Gasteiger partial charge in [0.2, 0.25) is 0 Å². The van der Waals surface area contributed by atoms with Crippen LogP contribution in [0.4, 0.5) is 0 Å². The summed E-state index contributed by atoms with van der Waals surface area (Å²) in [5, 5.41) is 13.5. The molecule has 25 heavy (non-hydrogen) atoms. The fourth-order valence-electron chi connectivity index (χ4n) is 2.21. The predicted octanol–water partition coefficient (Wildman–Crippen LogP) is 0.312. The molecule has 2 rings (SSSR count). The fraction of sp³-hybridized carbons (Fsp3) is 0.294. The van der Waals surface area contributed by atoms with E-state index in [1.54, 1.807) is 30.6 Å². The number of amidine groups is 1. The number of rotatable bonds is 7. The number of hydrogen-bond acceptors (Lipinski definition) is 6. The highest BCUT2D eigenvalue weighted by Gasteiger charge is 2.17. The minimum Gasteiger partial charge on any atom is -0.384 e. The van der Waals surface area contributed by atoms with Gasteiger partial charge in [0.25, 0.3) is 5.91 Å². The lowest BCUT2D eigenvalue weighted by Crippen LogP contribution is -2.31. The topological polar surface area (TPSA) is 119 Å². The Morgan fingerprint density at radius 3 is 2.76 bits per heavy atom. The van der Waals surface area contributed by atoms with E-state index in [-0.39, 0.29) is 11.7 Å². The van der Waals surface area contributed by atoms with Gasteiger partial charge in [-0.1, -0.05) is 6.07 Å². The third-order valence-corrected chi connectivity index (χ3v) is 3.45. The van der Waals surface area contributed by atoms with Gasteiger partial charge in [0.1, 0.15) is 11.7 Å². The van der Waals surface area contributed by atoms with Gasteiger partial charge >= 0.3 is 0 Å². The zero-order valence-electron chi connectivity index (χ0n) is 14.4. The second kappa shape index (κ2) is 8.74. The van der Waals surface area contributed by atoms with Crippen molar-refractivity contribution in [3.63, 3.8) is 0 Å². The van der Waals surface area contributed by atoms with Crippen molar-refractivity contribution in [1.29, 1.82) is 5.41 Å². The summed E-state index contributed by atoms with van der Waals surface area (Å²) in [4.78, 5) is 22.6. The molecule has 0 saturated carbocycles. The van der Waals surface area contributed by atoms with Gasteiger partial charge in [-0.2, -0.15) is 0 Å². The third-order valence-electron chi connectivity index (χ3n) is 3.45. The molecule has 0 aromatic carbocycles. The van der Waals surface area contributed by atoms with Crippen LogP contribution in [0.2, 0.25) is 0 Å². The first kappa shape index (κ1) is 18.3. The smallest absolute Gasteiger partial charge is 0.254 e. The highest BCUT2D eigenvalue weighted by molar-refractivity contribution is 6.21. The SMILES string of the molecule is CN(C)CCCNC(=O)C1=CN/C(=C(/C(=N)N)c2ccccn2)N=C1. The van der Waals surface area contributed by atoms with Crippen molar-refractivity contribution in [3.8, 4) is 0 Å². The van der Waals surface area contributed by atoms with Gasteiger partial charge in [-0.25, -0.2) is 4.99 Å². The second-order valence-electron chi connectivity index (χ2n) is 5.77. The average molecular weight is 341 g/mol. The van der Waals surface area contributed by atoms with E-state index in [1.165, 1.54) is 6.21 Å². The lowest BCUT2D eigenvalue weighted by molar-refractivity contribution is -0.117. The van der Waals surface area contributed by atoms with Crippen LogP contribution in [0.1, 0.15) is 12.1 Å². The molecule has 1 aliphatic rings. The minimum atomic E-state index is -0.198. The summed E-state index contributed by atoms with van der Waals surface area (Å²) in [6.45, 7) is 1.50. The number of pyridine rings is 1. The molecule has 8 heteroatoms. The van der Waals surface area contributed by atoms with E-state index >= 15 is 0 Å². The Morgan fingerprint density at radius 1 is 1.40 bits per heavy atom. The summed E-state index contributed by atoms with van der Waals surface area (Å²) in [6.07, 6.45) is 5.50. The molecule has 5 N–H and O–H groups in total. The van der Waals surface area contributed by atoms with Gasteiger partial charge in [-0.3, -0.25) is 15.2 Å². The van der Waals surface area contributed by atoms with E-state index in [2.05, 4.69) is 25.5 Å². The summed E-state index contributed by atoms with van der Waals surface area (Å²) in [5.74, 6) is 0.0370. The van der Waals surface area contributed by atoms with Crippen molar-refractivity contribution >= 4 is 23.5 Å². The van der Waals surface area contributed by atoms with Crippen LogP contribution in [0.3, 0.4) is 0 Å². The summed E-state index contributed by atoms with van der Waals surface area (Å²) in [5.41, 5.74) is 7.01. The second-order valence-corrected chi connectivity index (χ2v) is 5.77. The zero-order chi connectivity index (χ0) is 18.2. The van der Waals surface area contributed by atoms with Crippen molar-refractivity contribution in [2.75, 3.05) is 27.2 Å². The van der Waals surface area contributed by atoms with Crippen molar-refractivity contribution < 1.29 is 4.79 Å². The molecule has 0 fully saturated rings. The molecular formula is C17H23N7O. The number of amides is 1. The molecule has 1 amide bonds. The quantitative estimate of drug-likeness (QED) is 0.323. The van der Waals surface area contributed by atoms with Crippen LogP contribution in [-0.4, -0.2) is 55.0 Å². The molecule has 8 nitrogen and oxygen atoms in total. The van der Waals surface area contributed by atoms with Crippen LogP contribution in [0.15, 0.2) is 47.0 Å². The maximum atomic E-state index is 12.1. The number of hydrogen-bond donors (Lipinski definition) is 4. The lowest BCUT2D eigenvalue weighted by Gasteiger charge is -2.15. The Bertz CT molecular complexity index is 720. The number of carbonyl (C=O) groups excluding carboxylic acids is 1. The summed E-state index contributed by atoms with van der Waals surface area (Å²) >= 11 is 0. The van der Waals surface area contributed by atoms with Crippen LogP contribution in [0.5, 0.6) is 0 Å². The minimum absolute atomic E-state index is 0.150. The van der Waals surface area contributed by atoms with Crippen molar-refractivity contribution in [3.05, 3.63) is 47.7 Å². The number of nitrogens with one attached hydrogen (secondary N) is 3. The standard InChI is InChI=1S/C17H23N7O/c1-24(2)9-5-8-21-17(25)12-10-22-16(23-11-12)14(15(18)19)13-6-3-4-7-20-13/h3-4,6-7,10-11,22H,5,8-9H2,1-2H3,(H3,18,19)(H,21,25)/b16-14-. The van der Waals surface area contributed by atoms with Crippen molar-refractivity contribution in [2.24, 2.45) is 10.7 Å². The maximum Gasteiger partial charge on any atom is 0.254 e. The average Bonchev–Trinajstić information content (AvgIpc) is 2.60. The summed E-state index contributed by atoms with van der Waals surface area (Å²) < 4.78 is 0. The van der Waals surface area contributed by atoms with Crippen LogP contribution in [0.25, 0.3) is 5.57 Å². The monoisotopic (exact) mass is 341 g/mol. The first-order valence-electron chi connectivity index (χ1n) is 7.93. The molecule has 0 spiro atoms. The highest BCUT2D eigenvalue weighted by Crippen LogP contribution is 2.17. The van der Waals surface area contributed by atoms with E-state index in [0.717, 1.165) is 13.0 Å². The summed E-state index contributed by atoms with van der Waals surface area (Å²) in [6, 6.07) is 5.33. The highest BCUT2D eigenvalue weighted by atomic mass is 16.1. The molecule has 2 heterocycles. The number of nitrogens with two attached hydrogens (primary N) is 1. The van der Waals surface area contributed by atoms with Crippen LogP contribution >= 0.6 is 0 Å². The molecule has 132 valence electrons. The van der Waals surface area contributed by atoms with E-state index in [9.17, 15) is 4.79 Å². The lowest BCUT2D eigenvalue weighted by atomic mass is 10.1. The Kier molecular flexibility index (Phi) is 6.41. The van der Waals surface area contributed by atoms with Gasteiger partial charge in [0.15, 0.2) is 0 Å². The fourth-order valence-corrected chi connectivity index (χ4v) is 2.21. The van der Waals surface area contributed by atoms with Crippen molar-refractivity contribution in [1.82, 2.24) is 20.5 Å². The van der Waals surface area contributed by atoms with E-state index in [0.29, 0.717) is 29.2 Å². The maximum absolute atomic E-state index is 12.1. The Hall–Kier alpha value is -3.00. The Labute approximate surface area is 147 Å². The first-order valence-corrected chi connectivity index (χ1v) is 7.93. The molecule has 0 saturated heterocycles. The number of aliphatic imine (C=N–C) groups is 1. The van der Waals surface area contributed by atoms with E-state index < -0.39 is 0 Å². The molecule has 0 atom stereocenters. The molecular weight excluding hydrogens is 318 g/mol. The molecule has 0 bridgehead atoms. The molecule has 1 aromatic heterocycles. The third kappa shape index (κ3) is 5.25. The van der Waals surface area contributed by atoms with Crippen molar-refractivity contribution in [2.45, 2.75) is 6.42 Å². The zero-order valence-corrected chi connectivity index (χ0v) is 14.4. The Balaban J connectivity index is 2.04. The Morgan fingerprint density at radius 2 is 2.20 bits per heavy atom. The number of carbonyl (C=O) groups is 1. The van der Waals surface area contributed by atoms with E-state index in [4.69, 9.17) is 11.1 Å². The first-order chi connectivity index (χ1) is 12.0. The number of aromatic nitrogens is 1. The van der Waals surface area contributed by atoms with Crippen LogP contribution < -0.4 is 16.4 Å². The normalized spacial score (nSPS) is 15.4. The molecule has 1 aliphatic heterocycles. The van der Waals surface area contributed by atoms with Gasteiger partial charge in [0.05, 0.1) is 16.8 Å².